The van der Waals surface area contributed by atoms with Gasteiger partial charge in [0, 0.05) is 5.56 Å². The number of carbonyl (C=O) groups excluding carboxylic acids is 1. The van der Waals surface area contributed by atoms with Crippen LogP contribution >= 0.6 is 12.2 Å². The summed E-state index contributed by atoms with van der Waals surface area (Å²) in [6.07, 6.45) is 0.906. The number of aryl methyl sites for hydroxylation is 3. The lowest BCUT2D eigenvalue weighted by Gasteiger charge is -2.09. The Hall–Kier alpha value is -2.35. The summed E-state index contributed by atoms with van der Waals surface area (Å²) >= 11 is 5.10. The van der Waals surface area contributed by atoms with Crippen molar-refractivity contribution in [1.82, 2.24) is 25.5 Å². The first-order valence-electron chi connectivity index (χ1n) is 6.97. The summed E-state index contributed by atoms with van der Waals surface area (Å²) in [4.78, 5) is 13.7. The molecular weight excluding hydrogens is 300 g/mol. The Morgan fingerprint density at radius 1 is 1.36 bits per heavy atom. The highest BCUT2D eigenvalue weighted by molar-refractivity contribution is 7.80. The summed E-state index contributed by atoms with van der Waals surface area (Å²) in [6, 6.07) is 5.61. The maximum Gasteiger partial charge on any atom is 0.269 e. The third-order valence-corrected chi connectivity index (χ3v) is 3.16. The maximum atomic E-state index is 12.2. The molecule has 0 saturated carbocycles. The number of anilines is 1. The van der Waals surface area contributed by atoms with Crippen LogP contribution in [0.4, 0.5) is 5.95 Å². The number of nitrogens with one attached hydrogen (secondary N) is 2. The number of hydrogen-bond acceptors (Lipinski definition) is 5. The van der Waals surface area contributed by atoms with E-state index in [0.717, 1.165) is 17.5 Å². The molecule has 0 radical (unpaired) electrons. The number of thiocarbonyl (C=S) groups is 1. The summed E-state index contributed by atoms with van der Waals surface area (Å²) in [5.74, 6) is -0.00433. The first-order chi connectivity index (χ1) is 10.5. The third kappa shape index (κ3) is 4.08. The van der Waals surface area contributed by atoms with Crippen LogP contribution in [-0.2, 0) is 6.54 Å². The van der Waals surface area contributed by atoms with E-state index < -0.39 is 0 Å². The van der Waals surface area contributed by atoms with Crippen molar-refractivity contribution >= 4 is 29.2 Å². The van der Waals surface area contributed by atoms with Gasteiger partial charge in [0.2, 0.25) is 0 Å². The van der Waals surface area contributed by atoms with E-state index in [4.69, 9.17) is 12.2 Å². The first kappa shape index (κ1) is 16.0. The van der Waals surface area contributed by atoms with Gasteiger partial charge in [-0.25, -0.2) is 0 Å². The second-order valence-electron chi connectivity index (χ2n) is 4.94. The number of hydrogen-bond donors (Lipinski definition) is 2. The molecule has 0 bridgehead atoms. The summed E-state index contributed by atoms with van der Waals surface area (Å²) in [7, 11) is 0. The average Bonchev–Trinajstić information content (AvgIpc) is 2.86. The minimum Gasteiger partial charge on any atom is -0.299 e. The van der Waals surface area contributed by atoms with E-state index in [9.17, 15) is 4.79 Å². The molecule has 0 atom stereocenters. The van der Waals surface area contributed by atoms with Crippen molar-refractivity contribution in [3.8, 4) is 0 Å². The Morgan fingerprint density at radius 2 is 2.14 bits per heavy atom. The molecule has 0 aliphatic carbocycles. The Bertz CT molecular complexity index is 696. The minimum atomic E-state index is -0.268. The second-order valence-corrected chi connectivity index (χ2v) is 5.34. The van der Waals surface area contributed by atoms with Crippen molar-refractivity contribution in [1.29, 1.82) is 0 Å². The zero-order chi connectivity index (χ0) is 16.1. The maximum absolute atomic E-state index is 12.2. The smallest absolute Gasteiger partial charge is 0.269 e. The van der Waals surface area contributed by atoms with E-state index in [1.165, 1.54) is 4.80 Å². The second kappa shape index (κ2) is 7.08. The van der Waals surface area contributed by atoms with E-state index in [2.05, 4.69) is 26.0 Å². The molecule has 116 valence electrons. The van der Waals surface area contributed by atoms with Gasteiger partial charge < -0.3 is 0 Å². The molecule has 2 aromatic rings. The van der Waals surface area contributed by atoms with Crippen LogP contribution in [0.3, 0.4) is 0 Å². The van der Waals surface area contributed by atoms with Crippen LogP contribution < -0.4 is 10.6 Å². The van der Waals surface area contributed by atoms with Gasteiger partial charge in [-0.1, -0.05) is 29.7 Å². The zero-order valence-electron chi connectivity index (χ0n) is 12.8. The topological polar surface area (TPSA) is 84.7 Å². The monoisotopic (exact) mass is 318 g/mol. The van der Waals surface area contributed by atoms with Crippen LogP contribution in [0, 0.1) is 13.8 Å². The molecular formula is C14H18N6OS. The molecule has 1 aromatic heterocycles. The molecule has 2 N–H and O–H groups in total. The van der Waals surface area contributed by atoms with Crippen molar-refractivity contribution < 1.29 is 4.79 Å². The molecule has 0 aliphatic heterocycles. The van der Waals surface area contributed by atoms with Gasteiger partial charge in [0.05, 0.1) is 6.54 Å². The molecule has 1 heterocycles. The van der Waals surface area contributed by atoms with E-state index in [1.807, 2.05) is 32.9 Å². The summed E-state index contributed by atoms with van der Waals surface area (Å²) in [5, 5.41) is 17.3. The van der Waals surface area contributed by atoms with Gasteiger partial charge >= 0.3 is 0 Å². The van der Waals surface area contributed by atoms with Gasteiger partial charge in [-0.2, -0.15) is 4.80 Å². The van der Waals surface area contributed by atoms with Crippen molar-refractivity contribution in [2.45, 2.75) is 33.7 Å². The van der Waals surface area contributed by atoms with Crippen LogP contribution in [0.15, 0.2) is 18.2 Å². The summed E-state index contributed by atoms with van der Waals surface area (Å²) < 4.78 is 0. The number of tetrazole rings is 1. The fourth-order valence-electron chi connectivity index (χ4n) is 1.96. The largest absolute Gasteiger partial charge is 0.299 e. The first-order valence-corrected chi connectivity index (χ1v) is 7.38. The predicted molar refractivity (Wildman–Crippen MR) is 87.7 cm³/mol. The van der Waals surface area contributed by atoms with Crippen LogP contribution in [-0.4, -0.2) is 31.2 Å². The lowest BCUT2D eigenvalue weighted by Crippen LogP contribution is -2.34. The summed E-state index contributed by atoms with van der Waals surface area (Å²) in [5.41, 5.74) is 2.58. The van der Waals surface area contributed by atoms with Crippen LogP contribution in [0.25, 0.3) is 0 Å². The Labute approximate surface area is 134 Å². The lowest BCUT2D eigenvalue weighted by molar-refractivity contribution is 0.0977. The van der Waals surface area contributed by atoms with E-state index in [1.54, 1.807) is 6.07 Å². The van der Waals surface area contributed by atoms with Crippen molar-refractivity contribution in [2.24, 2.45) is 0 Å². The summed E-state index contributed by atoms with van der Waals surface area (Å²) in [6.45, 7) is 6.56. The molecule has 1 aromatic carbocycles. The fraction of sp³-hybridized carbons (Fsp3) is 0.357. The Morgan fingerprint density at radius 3 is 2.82 bits per heavy atom. The van der Waals surface area contributed by atoms with Gasteiger partial charge in [0.25, 0.3) is 11.9 Å². The molecule has 8 heteroatoms. The van der Waals surface area contributed by atoms with E-state index >= 15 is 0 Å². The fourth-order valence-corrected chi connectivity index (χ4v) is 2.14. The molecule has 0 saturated heterocycles. The number of aromatic nitrogens is 4. The van der Waals surface area contributed by atoms with Crippen LogP contribution in [0.5, 0.6) is 0 Å². The average molecular weight is 318 g/mol. The number of carbonyl (C=O) groups is 1. The number of amides is 1. The molecule has 2 rings (SSSR count). The van der Waals surface area contributed by atoms with Gasteiger partial charge in [0.15, 0.2) is 5.11 Å². The number of nitrogens with zero attached hydrogens (tertiary/aromatic N) is 4. The highest BCUT2D eigenvalue weighted by atomic mass is 32.1. The van der Waals surface area contributed by atoms with Crippen LogP contribution in [0.1, 0.15) is 34.8 Å². The lowest BCUT2D eigenvalue weighted by atomic mass is 10.1. The van der Waals surface area contributed by atoms with Crippen molar-refractivity contribution in [3.05, 3.63) is 34.9 Å². The normalized spacial score (nSPS) is 10.3. The zero-order valence-corrected chi connectivity index (χ0v) is 13.6. The third-order valence-electron chi connectivity index (χ3n) is 2.96. The van der Waals surface area contributed by atoms with Gasteiger partial charge in [-0.15, -0.1) is 5.10 Å². The SMILES string of the molecule is CCCn1nnc(NC(=S)NC(=O)c2ccc(C)cc2C)n1. The molecule has 0 fully saturated rings. The standard InChI is InChI=1S/C14H18N6OS/c1-4-7-20-18-13(17-19-20)16-14(22)15-12(21)11-6-5-9(2)8-10(11)3/h5-6,8H,4,7H2,1-3H3,(H2,15,16,18,21,22). The number of rotatable bonds is 4. The van der Waals surface area contributed by atoms with Gasteiger partial charge in [-0.05, 0) is 49.3 Å². The Balaban J connectivity index is 1.97. The van der Waals surface area contributed by atoms with Crippen LogP contribution in [0.2, 0.25) is 0 Å². The van der Waals surface area contributed by atoms with E-state index in [0.29, 0.717) is 12.1 Å². The molecule has 22 heavy (non-hydrogen) atoms. The van der Waals surface area contributed by atoms with Gasteiger partial charge in [0.1, 0.15) is 0 Å². The molecule has 7 nitrogen and oxygen atoms in total. The van der Waals surface area contributed by atoms with Gasteiger partial charge in [-0.3, -0.25) is 15.4 Å². The predicted octanol–water partition coefficient (Wildman–Crippen LogP) is 1.83. The molecule has 0 aliphatic rings. The molecule has 0 unspecified atom stereocenters. The van der Waals surface area contributed by atoms with E-state index in [-0.39, 0.29) is 17.0 Å². The highest BCUT2D eigenvalue weighted by Crippen LogP contribution is 2.10. The Kier molecular flexibility index (Phi) is 5.16. The minimum absolute atomic E-state index is 0.140. The van der Waals surface area contributed by atoms with Crippen molar-refractivity contribution in [3.63, 3.8) is 0 Å². The quantitative estimate of drug-likeness (QED) is 0.837. The molecule has 1 amide bonds. The highest BCUT2D eigenvalue weighted by Gasteiger charge is 2.12. The van der Waals surface area contributed by atoms with Crippen molar-refractivity contribution in [2.75, 3.05) is 5.32 Å². The molecule has 0 spiro atoms. The number of benzene rings is 1.